The van der Waals surface area contributed by atoms with E-state index in [-0.39, 0.29) is 11.9 Å². The zero-order chi connectivity index (χ0) is 20.0. The molecule has 0 bridgehead atoms. The zero-order valence-corrected chi connectivity index (χ0v) is 16.8. The molecule has 5 rings (SSSR count). The van der Waals surface area contributed by atoms with Gasteiger partial charge in [0.05, 0.1) is 23.1 Å². The van der Waals surface area contributed by atoms with Crippen molar-refractivity contribution in [2.24, 2.45) is 0 Å². The van der Waals surface area contributed by atoms with Gasteiger partial charge in [0.15, 0.2) is 5.75 Å². The van der Waals surface area contributed by atoms with Crippen LogP contribution < -0.4 is 15.4 Å². The van der Waals surface area contributed by atoms with E-state index in [0.29, 0.717) is 23.1 Å². The molecule has 3 aromatic heterocycles. The number of nitrogens with zero attached hydrogens (tertiary/aromatic N) is 3. The summed E-state index contributed by atoms with van der Waals surface area (Å²) in [6.07, 6.45) is 2.37. The monoisotopic (exact) mass is 405 g/mol. The number of carbonyl (C=O) groups is 1. The Morgan fingerprint density at radius 2 is 2.17 bits per heavy atom. The number of benzene rings is 1. The number of nitrogens with one attached hydrogen (secondary N) is 2. The SMILES string of the molecule is CCc1cc(Oc2ccc3c(ccc4sc5c(c43)NC[C@@H](C)NC5=O)n2)cnn1. The molecular weight excluding hydrogens is 386 g/mol. The van der Waals surface area contributed by atoms with Crippen LogP contribution in [0, 0.1) is 0 Å². The third-order valence-corrected chi connectivity index (χ3v) is 6.08. The predicted octanol–water partition coefficient (Wildman–Crippen LogP) is 4.14. The van der Waals surface area contributed by atoms with Gasteiger partial charge >= 0.3 is 0 Å². The molecule has 7 nitrogen and oxygen atoms in total. The van der Waals surface area contributed by atoms with Crippen molar-refractivity contribution < 1.29 is 9.53 Å². The van der Waals surface area contributed by atoms with Gasteiger partial charge in [-0.3, -0.25) is 4.79 Å². The number of hydrogen-bond donors (Lipinski definition) is 2. The van der Waals surface area contributed by atoms with E-state index in [1.165, 1.54) is 11.3 Å². The summed E-state index contributed by atoms with van der Waals surface area (Å²) < 4.78 is 6.95. The number of carbonyl (C=O) groups excluding carboxylic acids is 1. The summed E-state index contributed by atoms with van der Waals surface area (Å²) in [6, 6.07) is 9.75. The van der Waals surface area contributed by atoms with E-state index in [9.17, 15) is 4.79 Å². The summed E-state index contributed by atoms with van der Waals surface area (Å²) in [5.74, 6) is 1.07. The number of aromatic nitrogens is 3. The molecule has 146 valence electrons. The molecule has 1 aliphatic rings. The average Bonchev–Trinajstić information content (AvgIpc) is 3.05. The maximum atomic E-state index is 12.5. The first kappa shape index (κ1) is 17.8. The predicted molar refractivity (Wildman–Crippen MR) is 114 cm³/mol. The Labute approximate surface area is 171 Å². The zero-order valence-electron chi connectivity index (χ0n) is 16.0. The number of ether oxygens (including phenoxy) is 1. The molecule has 0 radical (unpaired) electrons. The van der Waals surface area contributed by atoms with Gasteiger partial charge in [0.25, 0.3) is 5.91 Å². The summed E-state index contributed by atoms with van der Waals surface area (Å²) in [4.78, 5) is 17.9. The lowest BCUT2D eigenvalue weighted by molar-refractivity contribution is 0.0949. The first-order valence-corrected chi connectivity index (χ1v) is 10.3. The van der Waals surface area contributed by atoms with Gasteiger partial charge in [-0.2, -0.15) is 10.2 Å². The fourth-order valence-corrected chi connectivity index (χ4v) is 4.60. The maximum absolute atomic E-state index is 12.5. The molecule has 0 saturated carbocycles. The van der Waals surface area contributed by atoms with Crippen molar-refractivity contribution in [1.29, 1.82) is 0 Å². The molecule has 8 heteroatoms. The molecular formula is C21H19N5O2S. The van der Waals surface area contributed by atoms with E-state index in [1.807, 2.05) is 44.2 Å². The first-order chi connectivity index (χ1) is 14.1. The Kier molecular flexibility index (Phi) is 4.28. The number of amides is 1. The van der Waals surface area contributed by atoms with Crippen molar-refractivity contribution in [2.75, 3.05) is 11.9 Å². The summed E-state index contributed by atoms with van der Waals surface area (Å²) in [7, 11) is 0. The highest BCUT2D eigenvalue weighted by atomic mass is 32.1. The smallest absolute Gasteiger partial charge is 0.263 e. The van der Waals surface area contributed by atoms with Crippen molar-refractivity contribution in [3.8, 4) is 11.6 Å². The van der Waals surface area contributed by atoms with Crippen LogP contribution in [0.1, 0.15) is 29.2 Å². The van der Waals surface area contributed by atoms with Crippen LogP contribution in [0.5, 0.6) is 11.6 Å². The fourth-order valence-electron chi connectivity index (χ4n) is 3.50. The minimum atomic E-state index is -0.0309. The Morgan fingerprint density at radius 3 is 3.03 bits per heavy atom. The molecule has 1 atom stereocenters. The van der Waals surface area contributed by atoms with Crippen LogP contribution in [0.4, 0.5) is 5.69 Å². The van der Waals surface area contributed by atoms with Crippen molar-refractivity contribution in [3.05, 3.63) is 47.1 Å². The highest BCUT2D eigenvalue weighted by Gasteiger charge is 2.24. The first-order valence-electron chi connectivity index (χ1n) is 9.53. The highest BCUT2D eigenvalue weighted by molar-refractivity contribution is 7.21. The van der Waals surface area contributed by atoms with Gasteiger partial charge < -0.3 is 15.4 Å². The van der Waals surface area contributed by atoms with Crippen LogP contribution in [0.15, 0.2) is 36.5 Å². The Bertz CT molecular complexity index is 1250. The van der Waals surface area contributed by atoms with Gasteiger partial charge in [-0.05, 0) is 31.5 Å². The largest absolute Gasteiger partial charge is 0.437 e. The number of aryl methyl sites for hydroxylation is 1. The third-order valence-electron chi connectivity index (χ3n) is 4.93. The number of hydrogen-bond acceptors (Lipinski definition) is 7. The van der Waals surface area contributed by atoms with Crippen LogP contribution in [0.3, 0.4) is 0 Å². The molecule has 29 heavy (non-hydrogen) atoms. The number of rotatable bonds is 3. The molecule has 0 saturated heterocycles. The van der Waals surface area contributed by atoms with E-state index < -0.39 is 0 Å². The molecule has 1 amide bonds. The Hall–Kier alpha value is -3.26. The Balaban J connectivity index is 1.59. The van der Waals surface area contributed by atoms with Crippen molar-refractivity contribution in [2.45, 2.75) is 26.3 Å². The topological polar surface area (TPSA) is 89.0 Å². The summed E-state index contributed by atoms with van der Waals surface area (Å²) >= 11 is 1.50. The van der Waals surface area contributed by atoms with Crippen LogP contribution in [0.25, 0.3) is 21.0 Å². The molecule has 4 heterocycles. The van der Waals surface area contributed by atoms with Crippen LogP contribution in [-0.4, -0.2) is 33.7 Å². The Morgan fingerprint density at radius 1 is 1.28 bits per heavy atom. The van der Waals surface area contributed by atoms with Crippen LogP contribution >= 0.6 is 11.3 Å². The number of anilines is 1. The van der Waals surface area contributed by atoms with E-state index in [4.69, 9.17) is 4.74 Å². The van der Waals surface area contributed by atoms with E-state index in [1.54, 1.807) is 6.20 Å². The quantitative estimate of drug-likeness (QED) is 0.533. The van der Waals surface area contributed by atoms with Gasteiger partial charge in [-0.1, -0.05) is 6.92 Å². The number of pyridine rings is 1. The number of thiophene rings is 1. The van der Waals surface area contributed by atoms with Gasteiger partial charge in [-0.15, -0.1) is 11.3 Å². The van der Waals surface area contributed by atoms with Crippen molar-refractivity contribution >= 4 is 43.9 Å². The normalized spacial score (nSPS) is 16.2. The highest BCUT2D eigenvalue weighted by Crippen LogP contribution is 2.41. The van der Waals surface area contributed by atoms with E-state index in [2.05, 4.69) is 25.8 Å². The molecule has 2 N–H and O–H groups in total. The molecule has 4 aromatic rings. The average molecular weight is 405 g/mol. The van der Waals surface area contributed by atoms with Crippen LogP contribution in [0.2, 0.25) is 0 Å². The van der Waals surface area contributed by atoms with Crippen molar-refractivity contribution in [1.82, 2.24) is 20.5 Å². The molecule has 1 aromatic carbocycles. The summed E-state index contributed by atoms with van der Waals surface area (Å²) in [5.41, 5.74) is 2.57. The molecule has 0 spiro atoms. The lowest BCUT2D eigenvalue weighted by atomic mass is 10.1. The maximum Gasteiger partial charge on any atom is 0.263 e. The molecule has 0 unspecified atom stereocenters. The summed E-state index contributed by atoms with van der Waals surface area (Å²) in [5, 5.41) is 16.5. The lowest BCUT2D eigenvalue weighted by Crippen LogP contribution is -2.34. The minimum Gasteiger partial charge on any atom is -0.437 e. The fraction of sp³-hybridized carbons (Fsp3) is 0.238. The van der Waals surface area contributed by atoms with Gasteiger partial charge in [0.2, 0.25) is 5.88 Å². The number of fused-ring (bicyclic) bond motifs is 5. The van der Waals surface area contributed by atoms with Crippen molar-refractivity contribution in [3.63, 3.8) is 0 Å². The minimum absolute atomic E-state index is 0.0309. The second-order valence-electron chi connectivity index (χ2n) is 7.05. The second-order valence-corrected chi connectivity index (χ2v) is 8.11. The van der Waals surface area contributed by atoms with Gasteiger partial charge in [0.1, 0.15) is 4.88 Å². The van der Waals surface area contributed by atoms with Gasteiger partial charge in [-0.25, -0.2) is 4.98 Å². The standard InChI is InChI=1S/C21H19N5O2S/c1-3-12-8-13(10-23-26-12)28-17-7-4-14-15(25-17)5-6-16-18(14)19-20(29-16)21(27)24-11(2)9-22-19/h4-8,10-11,22H,3,9H2,1-2H3,(H,24,27)/t11-/m1/s1. The third kappa shape index (κ3) is 3.15. The molecule has 0 fully saturated rings. The van der Waals surface area contributed by atoms with E-state index >= 15 is 0 Å². The summed E-state index contributed by atoms with van der Waals surface area (Å²) in [6.45, 7) is 4.70. The van der Waals surface area contributed by atoms with E-state index in [0.717, 1.165) is 38.8 Å². The lowest BCUT2D eigenvalue weighted by Gasteiger charge is -2.10. The van der Waals surface area contributed by atoms with Crippen LogP contribution in [-0.2, 0) is 6.42 Å². The second kappa shape index (κ2) is 6.97. The molecule has 0 aliphatic carbocycles. The van der Waals surface area contributed by atoms with Gasteiger partial charge in [0, 0.05) is 40.2 Å². The molecule has 1 aliphatic heterocycles.